The number of amides is 1. The van der Waals surface area contributed by atoms with Crippen molar-refractivity contribution in [2.75, 3.05) is 7.11 Å². The minimum atomic E-state index is -0.787. The predicted octanol–water partition coefficient (Wildman–Crippen LogP) is 4.19. The van der Waals surface area contributed by atoms with Crippen LogP contribution in [0.15, 0.2) is 77.9 Å². The van der Waals surface area contributed by atoms with Crippen LogP contribution in [0.5, 0.6) is 11.5 Å². The van der Waals surface area contributed by atoms with Crippen LogP contribution in [0, 0.1) is 10.1 Å². The Kier molecular flexibility index (Phi) is 6.95. The van der Waals surface area contributed by atoms with Crippen LogP contribution >= 0.6 is 0 Å². The van der Waals surface area contributed by atoms with E-state index in [1.807, 2.05) is 42.5 Å². The van der Waals surface area contributed by atoms with E-state index in [0.29, 0.717) is 11.3 Å². The van der Waals surface area contributed by atoms with E-state index in [9.17, 15) is 14.9 Å². The Morgan fingerprint density at radius 2 is 1.74 bits per heavy atom. The molecule has 1 unspecified atom stereocenters. The second-order valence-corrected chi connectivity index (χ2v) is 6.57. The van der Waals surface area contributed by atoms with Gasteiger partial charge in [-0.25, -0.2) is 5.43 Å². The molecule has 1 amide bonds. The van der Waals surface area contributed by atoms with Crippen LogP contribution in [0.2, 0.25) is 0 Å². The Hall–Kier alpha value is -4.20. The molecule has 3 rings (SSSR count). The average Bonchev–Trinajstić information content (AvgIpc) is 2.80. The maximum Gasteiger partial charge on any atom is 0.311 e. The number of methoxy groups -OCH3 is 1. The normalized spacial score (nSPS) is 11.7. The molecule has 31 heavy (non-hydrogen) atoms. The number of carbonyl (C=O) groups is 1. The molecular formula is C23H21N3O5. The van der Waals surface area contributed by atoms with Crippen LogP contribution in [-0.2, 0) is 4.79 Å². The van der Waals surface area contributed by atoms with Crippen molar-refractivity contribution >= 4 is 17.8 Å². The first-order chi connectivity index (χ1) is 15.0. The summed E-state index contributed by atoms with van der Waals surface area (Å²) >= 11 is 0. The molecule has 0 aliphatic heterocycles. The smallest absolute Gasteiger partial charge is 0.311 e. The van der Waals surface area contributed by atoms with Crippen molar-refractivity contribution in [2.45, 2.75) is 13.0 Å². The second kappa shape index (κ2) is 10.0. The SMILES string of the molecule is COc1ccc(/C=N/NC(=O)C(C)Oc2ccc(-c3ccccc3)cc2)cc1[N+](=O)[O-]. The molecule has 0 aromatic heterocycles. The summed E-state index contributed by atoms with van der Waals surface area (Å²) < 4.78 is 10.6. The van der Waals surface area contributed by atoms with E-state index < -0.39 is 16.9 Å². The van der Waals surface area contributed by atoms with Crippen molar-refractivity contribution in [3.63, 3.8) is 0 Å². The lowest BCUT2D eigenvalue weighted by atomic mass is 10.1. The number of nitro groups is 1. The number of benzene rings is 3. The monoisotopic (exact) mass is 419 g/mol. The van der Waals surface area contributed by atoms with Gasteiger partial charge in [-0.3, -0.25) is 14.9 Å². The van der Waals surface area contributed by atoms with Crippen molar-refractivity contribution in [2.24, 2.45) is 5.10 Å². The first kappa shape index (κ1) is 21.5. The average molecular weight is 419 g/mol. The zero-order valence-electron chi connectivity index (χ0n) is 17.0. The summed E-state index contributed by atoms with van der Waals surface area (Å²) in [5.41, 5.74) is 4.76. The van der Waals surface area contributed by atoms with Gasteiger partial charge in [0.15, 0.2) is 11.9 Å². The topological polar surface area (TPSA) is 103 Å². The number of rotatable bonds is 8. The summed E-state index contributed by atoms with van der Waals surface area (Å²) in [6.07, 6.45) is 0.524. The van der Waals surface area contributed by atoms with Crippen molar-refractivity contribution < 1.29 is 19.2 Å². The molecular weight excluding hydrogens is 398 g/mol. The number of hydrogen-bond donors (Lipinski definition) is 1. The van der Waals surface area contributed by atoms with Crippen molar-refractivity contribution in [1.29, 1.82) is 0 Å². The van der Waals surface area contributed by atoms with Gasteiger partial charge in [0, 0.05) is 11.6 Å². The molecule has 0 fully saturated rings. The molecule has 1 atom stereocenters. The zero-order chi connectivity index (χ0) is 22.2. The van der Waals surface area contributed by atoms with Gasteiger partial charge in [0.05, 0.1) is 18.2 Å². The summed E-state index contributed by atoms with van der Waals surface area (Å²) in [6.45, 7) is 1.61. The maximum absolute atomic E-state index is 12.2. The fourth-order valence-electron chi connectivity index (χ4n) is 2.81. The van der Waals surface area contributed by atoms with Crippen LogP contribution in [0.4, 0.5) is 5.69 Å². The highest BCUT2D eigenvalue weighted by atomic mass is 16.6. The van der Waals surface area contributed by atoms with Crippen molar-refractivity contribution in [3.05, 3.63) is 88.5 Å². The minimum Gasteiger partial charge on any atom is -0.490 e. The molecule has 0 aliphatic rings. The summed E-state index contributed by atoms with van der Waals surface area (Å²) in [5, 5.41) is 14.9. The molecule has 1 N–H and O–H groups in total. The van der Waals surface area contributed by atoms with Gasteiger partial charge in [0.1, 0.15) is 5.75 Å². The Morgan fingerprint density at radius 1 is 1.06 bits per heavy atom. The molecule has 8 heteroatoms. The summed E-state index contributed by atoms with van der Waals surface area (Å²) in [7, 11) is 1.35. The maximum atomic E-state index is 12.2. The van der Waals surface area contributed by atoms with Crippen LogP contribution in [0.1, 0.15) is 12.5 Å². The lowest BCUT2D eigenvalue weighted by Crippen LogP contribution is -2.33. The number of carbonyl (C=O) groups excluding carboxylic acids is 1. The van der Waals surface area contributed by atoms with Crippen molar-refractivity contribution in [3.8, 4) is 22.6 Å². The van der Waals surface area contributed by atoms with E-state index in [4.69, 9.17) is 9.47 Å². The summed E-state index contributed by atoms with van der Waals surface area (Å²) in [6, 6.07) is 21.7. The van der Waals surface area contributed by atoms with Gasteiger partial charge in [-0.2, -0.15) is 5.10 Å². The Bertz CT molecular complexity index is 1080. The Morgan fingerprint density at radius 3 is 2.39 bits per heavy atom. The molecule has 0 radical (unpaired) electrons. The molecule has 0 aliphatic carbocycles. The molecule has 8 nitrogen and oxygen atoms in total. The van der Waals surface area contributed by atoms with E-state index in [1.54, 1.807) is 25.1 Å². The molecule has 0 saturated carbocycles. The van der Waals surface area contributed by atoms with Gasteiger partial charge < -0.3 is 9.47 Å². The first-order valence-corrected chi connectivity index (χ1v) is 9.45. The van der Waals surface area contributed by atoms with Crippen LogP contribution < -0.4 is 14.9 Å². The van der Waals surface area contributed by atoms with Gasteiger partial charge in [-0.05, 0) is 42.3 Å². The van der Waals surface area contributed by atoms with Crippen LogP contribution in [0.25, 0.3) is 11.1 Å². The molecule has 3 aromatic carbocycles. The fourth-order valence-corrected chi connectivity index (χ4v) is 2.81. The molecule has 0 spiro atoms. The highest BCUT2D eigenvalue weighted by molar-refractivity contribution is 5.85. The minimum absolute atomic E-state index is 0.145. The van der Waals surface area contributed by atoms with Gasteiger partial charge in [0.2, 0.25) is 0 Å². The lowest BCUT2D eigenvalue weighted by molar-refractivity contribution is -0.385. The molecule has 0 heterocycles. The second-order valence-electron chi connectivity index (χ2n) is 6.57. The standard InChI is InChI=1S/C23H21N3O5/c1-16(31-20-11-9-19(10-12-20)18-6-4-3-5-7-18)23(27)25-24-15-17-8-13-22(30-2)21(14-17)26(28)29/h3-16H,1-2H3,(H,25,27)/b24-15+. The van der Waals surface area contributed by atoms with E-state index in [1.165, 1.54) is 25.5 Å². The largest absolute Gasteiger partial charge is 0.490 e. The number of nitrogens with zero attached hydrogens (tertiary/aromatic N) is 2. The number of ether oxygens (including phenoxy) is 2. The third-order valence-electron chi connectivity index (χ3n) is 4.43. The van der Waals surface area contributed by atoms with E-state index in [2.05, 4.69) is 10.5 Å². The van der Waals surface area contributed by atoms with Gasteiger partial charge in [0.25, 0.3) is 5.91 Å². The number of nitrogens with one attached hydrogen (secondary N) is 1. The van der Waals surface area contributed by atoms with Gasteiger partial charge in [-0.15, -0.1) is 0 Å². The van der Waals surface area contributed by atoms with Crippen molar-refractivity contribution in [1.82, 2.24) is 5.43 Å². The lowest BCUT2D eigenvalue weighted by Gasteiger charge is -2.13. The zero-order valence-corrected chi connectivity index (χ0v) is 17.0. The number of hydrogen-bond acceptors (Lipinski definition) is 6. The Balaban J connectivity index is 1.57. The fraction of sp³-hybridized carbons (Fsp3) is 0.130. The molecule has 0 bridgehead atoms. The molecule has 3 aromatic rings. The van der Waals surface area contributed by atoms with E-state index in [-0.39, 0.29) is 11.4 Å². The first-order valence-electron chi connectivity index (χ1n) is 9.45. The summed E-state index contributed by atoms with van der Waals surface area (Å²) in [5.74, 6) is 0.245. The summed E-state index contributed by atoms with van der Waals surface area (Å²) in [4.78, 5) is 22.7. The van der Waals surface area contributed by atoms with Crippen LogP contribution in [0.3, 0.4) is 0 Å². The highest BCUT2D eigenvalue weighted by Gasteiger charge is 2.16. The number of hydrazone groups is 1. The number of nitro benzene ring substituents is 1. The van der Waals surface area contributed by atoms with Gasteiger partial charge >= 0.3 is 5.69 Å². The van der Waals surface area contributed by atoms with Crippen LogP contribution in [-0.4, -0.2) is 30.3 Å². The quantitative estimate of drug-likeness (QED) is 0.335. The predicted molar refractivity (Wildman–Crippen MR) is 117 cm³/mol. The van der Waals surface area contributed by atoms with E-state index >= 15 is 0 Å². The Labute approximate surface area is 179 Å². The molecule has 0 saturated heterocycles. The third-order valence-corrected chi connectivity index (χ3v) is 4.43. The highest BCUT2D eigenvalue weighted by Crippen LogP contribution is 2.27. The third kappa shape index (κ3) is 5.66. The van der Waals surface area contributed by atoms with Gasteiger partial charge in [-0.1, -0.05) is 42.5 Å². The van der Waals surface area contributed by atoms with E-state index in [0.717, 1.165) is 11.1 Å². The molecule has 158 valence electrons.